The molecule has 3 nitrogen and oxygen atoms in total. The van der Waals surface area contributed by atoms with Crippen LogP contribution in [0.4, 0.5) is 0 Å². The predicted molar refractivity (Wildman–Crippen MR) is 41.5 cm³/mol. The van der Waals surface area contributed by atoms with Crippen LogP contribution in [0.25, 0.3) is 0 Å². The molecule has 0 fully saturated rings. The molecular weight excluding hydrogens is 128 g/mol. The van der Waals surface area contributed by atoms with Crippen LogP contribution in [0.2, 0.25) is 0 Å². The molecule has 0 aliphatic rings. The largest absolute Gasteiger partial charge is 0.337 e. The van der Waals surface area contributed by atoms with Crippen molar-refractivity contribution in [1.29, 1.82) is 0 Å². The van der Waals surface area contributed by atoms with Crippen molar-refractivity contribution in [3.05, 3.63) is 0 Å². The van der Waals surface area contributed by atoms with Gasteiger partial charge in [-0.25, -0.2) is 0 Å². The number of amides is 1. The van der Waals surface area contributed by atoms with Crippen LogP contribution in [0.3, 0.4) is 0 Å². The van der Waals surface area contributed by atoms with Crippen molar-refractivity contribution < 1.29 is 4.79 Å². The number of nitrogens with zero attached hydrogens (tertiary/aromatic N) is 2. The van der Waals surface area contributed by atoms with Gasteiger partial charge >= 0.3 is 6.41 Å². The second-order valence-electron chi connectivity index (χ2n) is 2.67. The molecule has 0 rings (SSSR count). The Morgan fingerprint density at radius 3 is 2.20 bits per heavy atom. The van der Waals surface area contributed by atoms with Crippen LogP contribution in [0, 0.1) is 0 Å². The molecule has 0 aliphatic heterocycles. The van der Waals surface area contributed by atoms with Crippen molar-refractivity contribution in [3.8, 4) is 0 Å². The van der Waals surface area contributed by atoms with Crippen LogP contribution < -0.4 is 0 Å². The van der Waals surface area contributed by atoms with Crippen LogP contribution in [-0.2, 0) is 4.79 Å². The van der Waals surface area contributed by atoms with E-state index in [9.17, 15) is 4.79 Å². The van der Waals surface area contributed by atoms with E-state index in [0.29, 0.717) is 0 Å². The molecule has 1 amide bonds. The third-order valence-corrected chi connectivity index (χ3v) is 1.25. The van der Waals surface area contributed by atoms with Gasteiger partial charge in [0.2, 0.25) is 0 Å². The van der Waals surface area contributed by atoms with E-state index >= 15 is 0 Å². The number of carbonyl (C=O) groups excluding carboxylic acids is 1. The van der Waals surface area contributed by atoms with Gasteiger partial charge in [0.1, 0.15) is 0 Å². The normalized spacial score (nSPS) is 10.0. The highest BCUT2D eigenvalue weighted by Crippen LogP contribution is 1.85. The molecule has 3 heteroatoms. The molecular formula is C7H15N2O. The number of hydrogen-bond acceptors (Lipinski definition) is 2. The highest BCUT2D eigenvalue weighted by Gasteiger charge is 1.94. The molecule has 1 radical (unpaired) electrons. The highest BCUT2D eigenvalue weighted by atomic mass is 16.1. The molecule has 0 atom stereocenters. The summed E-state index contributed by atoms with van der Waals surface area (Å²) in [6.45, 7) is 1.81. The van der Waals surface area contributed by atoms with Crippen molar-refractivity contribution >= 4 is 6.41 Å². The van der Waals surface area contributed by atoms with Gasteiger partial charge in [-0.1, -0.05) is 0 Å². The zero-order valence-corrected chi connectivity index (χ0v) is 6.92. The number of rotatable bonds is 5. The van der Waals surface area contributed by atoms with Crippen LogP contribution in [-0.4, -0.2) is 50.4 Å². The minimum absolute atomic E-state index is 0.793. The van der Waals surface area contributed by atoms with E-state index in [2.05, 4.69) is 4.90 Å². The third kappa shape index (κ3) is 5.56. The highest BCUT2D eigenvalue weighted by molar-refractivity contribution is 5.47. The maximum absolute atomic E-state index is 9.97. The second-order valence-corrected chi connectivity index (χ2v) is 2.67. The molecule has 0 unspecified atom stereocenters. The zero-order valence-electron chi connectivity index (χ0n) is 6.92. The van der Waals surface area contributed by atoms with Gasteiger partial charge in [-0.15, -0.1) is 0 Å². The summed E-state index contributed by atoms with van der Waals surface area (Å²) in [5.74, 6) is 0. The standard InChI is InChI=1S/C7H15N2O/c1-8(2)5-4-6-9(3)7-10/h4-6H2,1-3H3. The molecule has 0 aromatic rings. The molecule has 0 saturated heterocycles. The summed E-state index contributed by atoms with van der Waals surface area (Å²) in [6, 6.07) is 0. The quantitative estimate of drug-likeness (QED) is 0.503. The molecule has 0 aromatic heterocycles. The SMILES string of the molecule is CN(C)CCCN(C)[C]=O. The molecule has 0 aromatic carbocycles. The van der Waals surface area contributed by atoms with Gasteiger partial charge in [0.15, 0.2) is 0 Å². The summed E-state index contributed by atoms with van der Waals surface area (Å²) < 4.78 is 0. The van der Waals surface area contributed by atoms with E-state index in [1.807, 2.05) is 14.1 Å². The van der Waals surface area contributed by atoms with E-state index in [1.165, 1.54) is 4.90 Å². The summed E-state index contributed by atoms with van der Waals surface area (Å²) in [7, 11) is 5.78. The Morgan fingerprint density at radius 1 is 1.20 bits per heavy atom. The first-order valence-corrected chi connectivity index (χ1v) is 3.40. The third-order valence-electron chi connectivity index (χ3n) is 1.25. The minimum atomic E-state index is 0.793. The maximum atomic E-state index is 9.97. The van der Waals surface area contributed by atoms with Gasteiger partial charge in [-0.2, -0.15) is 0 Å². The van der Waals surface area contributed by atoms with E-state index in [1.54, 1.807) is 13.5 Å². The molecule has 59 valence electrons. The monoisotopic (exact) mass is 143 g/mol. The van der Waals surface area contributed by atoms with Gasteiger partial charge in [0, 0.05) is 13.6 Å². The van der Waals surface area contributed by atoms with E-state index in [-0.39, 0.29) is 0 Å². The molecule has 0 saturated carbocycles. The number of hydrogen-bond donors (Lipinski definition) is 0. The summed E-state index contributed by atoms with van der Waals surface area (Å²) in [5.41, 5.74) is 0. The van der Waals surface area contributed by atoms with Crippen LogP contribution in [0.15, 0.2) is 0 Å². The molecule has 0 bridgehead atoms. The first-order valence-electron chi connectivity index (χ1n) is 3.40. The fourth-order valence-corrected chi connectivity index (χ4v) is 0.670. The lowest BCUT2D eigenvalue weighted by Crippen LogP contribution is -2.22. The van der Waals surface area contributed by atoms with E-state index < -0.39 is 0 Å². The maximum Gasteiger partial charge on any atom is 0.311 e. The predicted octanol–water partition coefficient (Wildman–Crippen LogP) is -0.0629. The van der Waals surface area contributed by atoms with Gasteiger partial charge in [-0.3, -0.25) is 4.79 Å². The van der Waals surface area contributed by atoms with Crippen LogP contribution >= 0.6 is 0 Å². The molecule has 0 spiro atoms. The summed E-state index contributed by atoms with van der Waals surface area (Å²) in [4.78, 5) is 13.6. The Hall–Kier alpha value is -0.570. The summed E-state index contributed by atoms with van der Waals surface area (Å²) in [6.07, 6.45) is 2.82. The smallest absolute Gasteiger partial charge is 0.311 e. The first kappa shape index (κ1) is 9.43. The van der Waals surface area contributed by atoms with Gasteiger partial charge < -0.3 is 9.80 Å². The van der Waals surface area contributed by atoms with Gasteiger partial charge in [-0.05, 0) is 27.1 Å². The summed E-state index contributed by atoms with van der Waals surface area (Å²) >= 11 is 0. The molecule has 0 aliphatic carbocycles. The average Bonchev–Trinajstić information content (AvgIpc) is 1.87. The van der Waals surface area contributed by atoms with Gasteiger partial charge in [0.25, 0.3) is 0 Å². The lowest BCUT2D eigenvalue weighted by Gasteiger charge is -2.12. The Balaban J connectivity index is 3.11. The Bertz CT molecular complexity index is 93.6. The van der Waals surface area contributed by atoms with Crippen molar-refractivity contribution in [2.24, 2.45) is 0 Å². The summed E-state index contributed by atoms with van der Waals surface area (Å²) in [5, 5.41) is 0. The Morgan fingerprint density at radius 2 is 1.80 bits per heavy atom. The van der Waals surface area contributed by atoms with Crippen molar-refractivity contribution in [2.45, 2.75) is 6.42 Å². The lowest BCUT2D eigenvalue weighted by atomic mass is 10.4. The van der Waals surface area contributed by atoms with Crippen molar-refractivity contribution in [1.82, 2.24) is 9.80 Å². The van der Waals surface area contributed by atoms with Gasteiger partial charge in [0.05, 0.1) is 0 Å². The van der Waals surface area contributed by atoms with Crippen molar-refractivity contribution in [3.63, 3.8) is 0 Å². The molecule has 0 N–H and O–H groups in total. The minimum Gasteiger partial charge on any atom is -0.337 e. The van der Waals surface area contributed by atoms with Crippen LogP contribution in [0.1, 0.15) is 6.42 Å². The lowest BCUT2D eigenvalue weighted by molar-refractivity contribution is 0.360. The van der Waals surface area contributed by atoms with Crippen LogP contribution in [0.5, 0.6) is 0 Å². The fourth-order valence-electron chi connectivity index (χ4n) is 0.670. The van der Waals surface area contributed by atoms with Crippen molar-refractivity contribution in [2.75, 3.05) is 34.2 Å². The first-order chi connectivity index (χ1) is 4.66. The topological polar surface area (TPSA) is 23.6 Å². The average molecular weight is 143 g/mol. The van der Waals surface area contributed by atoms with E-state index in [4.69, 9.17) is 0 Å². The Labute approximate surface area is 62.6 Å². The van der Waals surface area contributed by atoms with E-state index in [0.717, 1.165) is 19.5 Å². The fraction of sp³-hybridized carbons (Fsp3) is 0.857. The molecule has 10 heavy (non-hydrogen) atoms. The molecule has 0 heterocycles. The second kappa shape index (κ2) is 5.23. The Kier molecular flexibility index (Phi) is 4.94. The zero-order chi connectivity index (χ0) is 7.98.